The van der Waals surface area contributed by atoms with Crippen LogP contribution in [-0.4, -0.2) is 98.9 Å². The van der Waals surface area contributed by atoms with E-state index in [2.05, 4.69) is 25.0 Å². The average molecular weight is 733 g/mol. The van der Waals surface area contributed by atoms with Crippen molar-refractivity contribution >= 4 is 51.1 Å². The van der Waals surface area contributed by atoms with E-state index in [1.807, 2.05) is 36.2 Å². The van der Waals surface area contributed by atoms with Crippen LogP contribution in [0, 0.1) is 11.7 Å². The molecule has 0 spiro atoms. The number of benzene rings is 2. The lowest BCUT2D eigenvalue weighted by molar-refractivity contribution is -0.131. The van der Waals surface area contributed by atoms with Crippen LogP contribution in [0.1, 0.15) is 44.1 Å². The zero-order valence-electron chi connectivity index (χ0n) is 28.6. The van der Waals surface area contributed by atoms with Gasteiger partial charge >= 0.3 is 6.01 Å². The van der Waals surface area contributed by atoms with Crippen LogP contribution in [0.2, 0.25) is 5.02 Å². The van der Waals surface area contributed by atoms with E-state index in [4.69, 9.17) is 25.8 Å². The van der Waals surface area contributed by atoms with E-state index in [9.17, 15) is 13.6 Å². The van der Waals surface area contributed by atoms with E-state index in [-0.39, 0.29) is 47.4 Å². The molecule has 3 aliphatic rings. The number of fused-ring (bicyclic) bond motifs is 3. The van der Waals surface area contributed by atoms with E-state index >= 15 is 4.39 Å². The number of carbonyl (C=O) groups is 1. The van der Waals surface area contributed by atoms with Gasteiger partial charge in [-0.05, 0) is 37.8 Å². The molecule has 11 nitrogen and oxygen atoms in total. The summed E-state index contributed by atoms with van der Waals surface area (Å²) in [7, 11) is 1.84. The van der Waals surface area contributed by atoms with Gasteiger partial charge in [0, 0.05) is 79.9 Å². The Morgan fingerprint density at radius 2 is 2.00 bits per heavy atom. The molecule has 3 fully saturated rings. The second-order valence-corrected chi connectivity index (χ2v) is 14.4. The number of likely N-dealkylation sites (tertiary alicyclic amines) is 1. The lowest BCUT2D eigenvalue weighted by Gasteiger charge is -2.40. The first-order valence-electron chi connectivity index (χ1n) is 17.3. The van der Waals surface area contributed by atoms with E-state index in [0.29, 0.717) is 59.8 Å². The SMILES string of the molecule is CC(F)c1noc(/C=C/C(=O)N2CC(CN(C)c3nc(OC[C@@]45CCCN4C[C@H](F)C5)nc4c(F)c(-c5cccc6cccc(Cl)c56)ncc34)C2)n1. The Balaban J connectivity index is 1.07. The largest absolute Gasteiger partial charge is 0.461 e. The number of pyridine rings is 1. The minimum absolute atomic E-state index is 0.00762. The number of nitrogens with zero attached hydrogens (tertiary/aromatic N) is 8. The number of ether oxygens (including phenoxy) is 1. The molecule has 3 saturated heterocycles. The molecular formula is C37H36ClF3N8O3. The topological polar surface area (TPSA) is 114 Å². The van der Waals surface area contributed by atoms with Gasteiger partial charge in [-0.15, -0.1) is 0 Å². The van der Waals surface area contributed by atoms with Crippen molar-refractivity contribution in [2.24, 2.45) is 5.92 Å². The van der Waals surface area contributed by atoms with E-state index in [1.54, 1.807) is 23.2 Å². The van der Waals surface area contributed by atoms with Crippen molar-refractivity contribution in [2.45, 2.75) is 44.1 Å². The minimum atomic E-state index is -1.38. The highest BCUT2D eigenvalue weighted by Crippen LogP contribution is 2.41. The molecule has 52 heavy (non-hydrogen) atoms. The lowest BCUT2D eigenvalue weighted by Crippen LogP contribution is -2.53. The van der Waals surface area contributed by atoms with Gasteiger partial charge in [-0.2, -0.15) is 15.0 Å². The van der Waals surface area contributed by atoms with E-state index in [1.165, 1.54) is 19.1 Å². The second-order valence-electron chi connectivity index (χ2n) is 14.0. The van der Waals surface area contributed by atoms with Crippen LogP contribution in [0.5, 0.6) is 6.01 Å². The molecule has 270 valence electrons. The highest BCUT2D eigenvalue weighted by Gasteiger charge is 2.49. The van der Waals surface area contributed by atoms with E-state index < -0.39 is 23.7 Å². The molecule has 0 radical (unpaired) electrons. The van der Waals surface area contributed by atoms with E-state index in [0.717, 1.165) is 24.8 Å². The third-order valence-corrected chi connectivity index (χ3v) is 10.6. The van der Waals surface area contributed by atoms with Crippen molar-refractivity contribution in [1.29, 1.82) is 0 Å². The van der Waals surface area contributed by atoms with Gasteiger partial charge < -0.3 is 19.1 Å². The fourth-order valence-corrected chi connectivity index (χ4v) is 8.05. The van der Waals surface area contributed by atoms with Gasteiger partial charge in [0.2, 0.25) is 11.7 Å². The maximum atomic E-state index is 16.7. The molecule has 8 rings (SSSR count). The van der Waals surface area contributed by atoms with Crippen molar-refractivity contribution in [3.05, 3.63) is 71.2 Å². The van der Waals surface area contributed by atoms with Crippen LogP contribution in [0.4, 0.5) is 19.0 Å². The Morgan fingerprint density at radius 1 is 1.19 bits per heavy atom. The van der Waals surface area contributed by atoms with Gasteiger partial charge in [0.25, 0.3) is 5.89 Å². The molecule has 5 aromatic rings. The summed E-state index contributed by atoms with van der Waals surface area (Å²) in [5.74, 6) is -0.419. The van der Waals surface area contributed by atoms with Crippen molar-refractivity contribution < 1.29 is 27.2 Å². The Bertz CT molecular complexity index is 2190. The van der Waals surface area contributed by atoms with Crippen LogP contribution in [-0.2, 0) is 4.79 Å². The second kappa shape index (κ2) is 13.6. The van der Waals surface area contributed by atoms with Crippen LogP contribution < -0.4 is 9.64 Å². The van der Waals surface area contributed by atoms with Gasteiger partial charge in [0.15, 0.2) is 12.0 Å². The smallest absolute Gasteiger partial charge is 0.319 e. The summed E-state index contributed by atoms with van der Waals surface area (Å²) in [6.07, 6.45) is 4.06. The molecule has 2 aromatic carbocycles. The van der Waals surface area contributed by atoms with Crippen molar-refractivity contribution in [1.82, 2.24) is 34.9 Å². The predicted molar refractivity (Wildman–Crippen MR) is 190 cm³/mol. The van der Waals surface area contributed by atoms with Crippen molar-refractivity contribution in [3.8, 4) is 17.3 Å². The number of rotatable bonds is 10. The summed E-state index contributed by atoms with van der Waals surface area (Å²) in [4.78, 5) is 36.3. The minimum Gasteiger partial charge on any atom is -0.461 e. The zero-order chi connectivity index (χ0) is 36.1. The van der Waals surface area contributed by atoms with Crippen LogP contribution in [0.15, 0.2) is 53.2 Å². The summed E-state index contributed by atoms with van der Waals surface area (Å²) < 4.78 is 55.9. The quantitative estimate of drug-likeness (QED) is 0.145. The normalized spacial score (nSPS) is 21.3. The number of hydrogen-bond donors (Lipinski definition) is 0. The Hall–Kier alpha value is -4.82. The van der Waals surface area contributed by atoms with Gasteiger partial charge in [-0.25, -0.2) is 13.2 Å². The van der Waals surface area contributed by atoms with Crippen molar-refractivity contribution in [2.75, 3.05) is 51.3 Å². The number of carbonyl (C=O) groups excluding carboxylic acids is 1. The van der Waals surface area contributed by atoms with Crippen LogP contribution >= 0.6 is 11.6 Å². The predicted octanol–water partition coefficient (Wildman–Crippen LogP) is 6.61. The highest BCUT2D eigenvalue weighted by molar-refractivity contribution is 6.36. The number of halogens is 4. The first kappa shape index (κ1) is 34.3. The Labute approximate surface area is 302 Å². The molecule has 6 heterocycles. The monoisotopic (exact) mass is 732 g/mol. The van der Waals surface area contributed by atoms with Gasteiger partial charge in [-0.3, -0.25) is 14.7 Å². The third-order valence-electron chi connectivity index (χ3n) is 10.3. The molecule has 1 unspecified atom stereocenters. The summed E-state index contributed by atoms with van der Waals surface area (Å²) >= 11 is 6.60. The molecule has 3 aliphatic heterocycles. The van der Waals surface area contributed by atoms with Gasteiger partial charge in [0.1, 0.15) is 29.8 Å². The number of anilines is 1. The van der Waals surface area contributed by atoms with Crippen LogP contribution in [0.25, 0.3) is 39.0 Å². The number of hydrogen-bond acceptors (Lipinski definition) is 10. The lowest BCUT2D eigenvalue weighted by atomic mass is 9.95. The summed E-state index contributed by atoms with van der Waals surface area (Å²) in [6.45, 7) is 4.10. The third kappa shape index (κ3) is 6.31. The standard InChI is InChI=1S/C37H36ClF3N8O3/c1-21(39)34-43-28(52-46-34)10-11-29(50)48-17-22(18-48)16-47(2)35-26-15-42-32(25-8-3-6-23-7-4-9-27(38)30(23)25)31(41)33(26)44-36(45-35)51-20-37-12-5-13-49(37)19-24(40)14-37/h3-4,6-11,15,21-22,24H,5,12-14,16-20H2,1-2H3/b11-10+/t21?,24-,37+/m1/s1. The molecule has 0 N–H and O–H groups in total. The summed E-state index contributed by atoms with van der Waals surface area (Å²) in [5.41, 5.74) is 0.222. The highest BCUT2D eigenvalue weighted by atomic mass is 35.5. The average Bonchev–Trinajstić information content (AvgIpc) is 3.82. The van der Waals surface area contributed by atoms with Crippen molar-refractivity contribution in [3.63, 3.8) is 0 Å². The number of alkyl halides is 2. The van der Waals surface area contributed by atoms with Gasteiger partial charge in [-0.1, -0.05) is 47.1 Å². The Kier molecular flexibility index (Phi) is 8.98. The molecule has 3 aromatic heterocycles. The zero-order valence-corrected chi connectivity index (χ0v) is 29.4. The maximum Gasteiger partial charge on any atom is 0.319 e. The molecule has 0 aliphatic carbocycles. The first-order chi connectivity index (χ1) is 25.1. The molecule has 0 saturated carbocycles. The number of amides is 1. The van der Waals surface area contributed by atoms with Gasteiger partial charge in [0.05, 0.1) is 10.9 Å². The Morgan fingerprint density at radius 3 is 2.79 bits per heavy atom. The number of aromatic nitrogens is 5. The van der Waals surface area contributed by atoms with Crippen LogP contribution in [0.3, 0.4) is 0 Å². The molecular weight excluding hydrogens is 697 g/mol. The fraction of sp³-hybridized carbons (Fsp3) is 0.405. The molecule has 3 atom stereocenters. The molecule has 15 heteroatoms. The maximum absolute atomic E-state index is 16.7. The summed E-state index contributed by atoms with van der Waals surface area (Å²) in [6, 6.07) is 11.0. The summed E-state index contributed by atoms with van der Waals surface area (Å²) in [5, 5.41) is 5.95. The molecule has 0 bridgehead atoms. The fourth-order valence-electron chi connectivity index (χ4n) is 7.77. The first-order valence-corrected chi connectivity index (χ1v) is 17.7. The molecule has 1 amide bonds.